The molecular weight excluding hydrogens is 270 g/mol. The number of hydrogen-bond donors (Lipinski definition) is 2. The highest BCUT2D eigenvalue weighted by molar-refractivity contribution is 5.86. The highest BCUT2D eigenvalue weighted by Crippen LogP contribution is 2.21. The molecule has 0 aliphatic carbocycles. The van der Waals surface area contributed by atoms with Gasteiger partial charge in [0.1, 0.15) is 11.6 Å². The first-order valence-corrected chi connectivity index (χ1v) is 7.87. The second-order valence-corrected chi connectivity index (χ2v) is 6.86. The van der Waals surface area contributed by atoms with E-state index in [4.69, 9.17) is 4.74 Å². The molecule has 6 nitrogen and oxygen atoms in total. The molecule has 2 fully saturated rings. The first kappa shape index (κ1) is 16.1. The average molecular weight is 297 g/mol. The van der Waals surface area contributed by atoms with Crippen LogP contribution in [0.2, 0.25) is 0 Å². The molecule has 2 amide bonds. The molecule has 2 N–H and O–H groups in total. The van der Waals surface area contributed by atoms with E-state index in [2.05, 4.69) is 10.6 Å². The van der Waals surface area contributed by atoms with E-state index in [0.29, 0.717) is 6.54 Å². The summed E-state index contributed by atoms with van der Waals surface area (Å²) in [6.07, 6.45) is 3.08. The number of rotatable bonds is 2. The van der Waals surface area contributed by atoms with Crippen LogP contribution in [-0.2, 0) is 9.53 Å². The molecule has 2 aliphatic heterocycles. The summed E-state index contributed by atoms with van der Waals surface area (Å²) < 4.78 is 5.39. The molecule has 0 radical (unpaired) electrons. The van der Waals surface area contributed by atoms with E-state index in [9.17, 15) is 9.59 Å². The van der Waals surface area contributed by atoms with Crippen LogP contribution in [0.1, 0.15) is 46.5 Å². The number of carbonyl (C=O) groups is 2. The molecule has 0 aromatic carbocycles. The summed E-state index contributed by atoms with van der Waals surface area (Å²) in [7, 11) is 0. The zero-order valence-electron chi connectivity index (χ0n) is 13.3. The quantitative estimate of drug-likeness (QED) is 0.805. The summed E-state index contributed by atoms with van der Waals surface area (Å²) >= 11 is 0. The highest BCUT2D eigenvalue weighted by Gasteiger charge is 2.37. The van der Waals surface area contributed by atoms with E-state index in [0.717, 1.165) is 38.8 Å². The van der Waals surface area contributed by atoms with Gasteiger partial charge >= 0.3 is 6.09 Å². The minimum Gasteiger partial charge on any atom is -0.444 e. The molecule has 1 unspecified atom stereocenters. The van der Waals surface area contributed by atoms with Crippen LogP contribution in [0.25, 0.3) is 0 Å². The fraction of sp³-hybridized carbons (Fsp3) is 0.867. The van der Waals surface area contributed by atoms with Crippen molar-refractivity contribution in [3.63, 3.8) is 0 Å². The largest absolute Gasteiger partial charge is 0.444 e. The maximum Gasteiger partial charge on any atom is 0.410 e. The average Bonchev–Trinajstić information content (AvgIpc) is 2.87. The molecule has 0 aromatic rings. The SMILES string of the molecule is CC(C)(C)OC(=O)N1CCCC1C(=O)NC1CCNCC1. The Balaban J connectivity index is 1.91. The molecular formula is C15H27N3O3. The maximum absolute atomic E-state index is 12.4. The molecule has 1 atom stereocenters. The van der Waals surface area contributed by atoms with Crippen LogP contribution in [0, 0.1) is 0 Å². The summed E-state index contributed by atoms with van der Waals surface area (Å²) in [4.78, 5) is 26.2. The standard InChI is InChI=1S/C15H27N3O3/c1-15(2,3)21-14(20)18-10-4-5-12(18)13(19)17-11-6-8-16-9-7-11/h11-12,16H,4-10H2,1-3H3,(H,17,19). The minimum atomic E-state index is -0.532. The molecule has 120 valence electrons. The Morgan fingerprint density at radius 1 is 1.19 bits per heavy atom. The van der Waals surface area contributed by atoms with E-state index >= 15 is 0 Å². The predicted octanol–water partition coefficient (Wildman–Crippen LogP) is 1.25. The smallest absolute Gasteiger partial charge is 0.410 e. The Labute approximate surface area is 126 Å². The lowest BCUT2D eigenvalue weighted by atomic mass is 10.1. The fourth-order valence-electron chi connectivity index (χ4n) is 2.84. The van der Waals surface area contributed by atoms with Crippen molar-refractivity contribution in [2.75, 3.05) is 19.6 Å². The molecule has 6 heteroatoms. The van der Waals surface area contributed by atoms with Crippen molar-refractivity contribution in [2.45, 2.75) is 64.1 Å². The Bertz CT molecular complexity index is 386. The number of likely N-dealkylation sites (tertiary alicyclic amines) is 1. The van der Waals surface area contributed by atoms with E-state index in [-0.39, 0.29) is 24.1 Å². The predicted molar refractivity (Wildman–Crippen MR) is 80.0 cm³/mol. The van der Waals surface area contributed by atoms with Crippen LogP contribution >= 0.6 is 0 Å². The van der Waals surface area contributed by atoms with Gasteiger partial charge < -0.3 is 15.4 Å². The number of amides is 2. The van der Waals surface area contributed by atoms with Gasteiger partial charge in [0, 0.05) is 12.6 Å². The third kappa shape index (κ3) is 4.59. The van der Waals surface area contributed by atoms with E-state index in [1.165, 1.54) is 0 Å². The van der Waals surface area contributed by atoms with Gasteiger partial charge in [0.2, 0.25) is 5.91 Å². The Morgan fingerprint density at radius 3 is 2.48 bits per heavy atom. The number of ether oxygens (including phenoxy) is 1. The van der Waals surface area contributed by atoms with Crippen molar-refractivity contribution < 1.29 is 14.3 Å². The van der Waals surface area contributed by atoms with Crippen molar-refractivity contribution in [3.05, 3.63) is 0 Å². The van der Waals surface area contributed by atoms with Gasteiger partial charge in [-0.05, 0) is 59.5 Å². The zero-order chi connectivity index (χ0) is 15.5. The van der Waals surface area contributed by atoms with Crippen LogP contribution in [0.4, 0.5) is 4.79 Å². The molecule has 2 aliphatic rings. The first-order chi connectivity index (χ1) is 9.87. The van der Waals surface area contributed by atoms with Crippen molar-refractivity contribution >= 4 is 12.0 Å². The van der Waals surface area contributed by atoms with Gasteiger partial charge in [-0.2, -0.15) is 0 Å². The van der Waals surface area contributed by atoms with Gasteiger partial charge in [-0.3, -0.25) is 9.69 Å². The van der Waals surface area contributed by atoms with Gasteiger partial charge in [0.05, 0.1) is 0 Å². The van der Waals surface area contributed by atoms with Crippen LogP contribution in [-0.4, -0.2) is 54.2 Å². The van der Waals surface area contributed by atoms with E-state index < -0.39 is 5.60 Å². The van der Waals surface area contributed by atoms with Crippen LogP contribution < -0.4 is 10.6 Å². The van der Waals surface area contributed by atoms with Crippen molar-refractivity contribution in [3.8, 4) is 0 Å². The second-order valence-electron chi connectivity index (χ2n) is 6.86. The third-order valence-electron chi connectivity index (χ3n) is 3.87. The molecule has 2 rings (SSSR count). The summed E-state index contributed by atoms with van der Waals surface area (Å²) in [6.45, 7) is 7.98. The Hall–Kier alpha value is -1.30. The van der Waals surface area contributed by atoms with E-state index in [1.807, 2.05) is 20.8 Å². The molecule has 0 bridgehead atoms. The fourth-order valence-corrected chi connectivity index (χ4v) is 2.84. The van der Waals surface area contributed by atoms with E-state index in [1.54, 1.807) is 4.90 Å². The lowest BCUT2D eigenvalue weighted by Crippen LogP contribution is -2.51. The van der Waals surface area contributed by atoms with Crippen molar-refractivity contribution in [2.24, 2.45) is 0 Å². The van der Waals surface area contributed by atoms with Crippen molar-refractivity contribution in [1.29, 1.82) is 0 Å². The molecule has 0 aromatic heterocycles. The number of nitrogens with one attached hydrogen (secondary N) is 2. The zero-order valence-corrected chi connectivity index (χ0v) is 13.3. The second kappa shape index (κ2) is 6.64. The van der Waals surface area contributed by atoms with Gasteiger partial charge in [0.15, 0.2) is 0 Å². The summed E-state index contributed by atoms with van der Waals surface area (Å²) in [5, 5.41) is 6.35. The number of hydrogen-bond acceptors (Lipinski definition) is 4. The van der Waals surface area contributed by atoms with Crippen LogP contribution in [0.15, 0.2) is 0 Å². The lowest BCUT2D eigenvalue weighted by molar-refractivity contribution is -0.126. The maximum atomic E-state index is 12.4. The van der Waals surface area contributed by atoms with Crippen LogP contribution in [0.3, 0.4) is 0 Å². The Kier molecular flexibility index (Phi) is 5.08. The first-order valence-electron chi connectivity index (χ1n) is 7.87. The topological polar surface area (TPSA) is 70.7 Å². The van der Waals surface area contributed by atoms with Gasteiger partial charge in [-0.25, -0.2) is 4.79 Å². The molecule has 2 heterocycles. The molecule has 21 heavy (non-hydrogen) atoms. The summed E-state index contributed by atoms with van der Waals surface area (Å²) in [5.41, 5.74) is -0.532. The highest BCUT2D eigenvalue weighted by atomic mass is 16.6. The van der Waals surface area contributed by atoms with Gasteiger partial charge in [-0.15, -0.1) is 0 Å². The van der Waals surface area contributed by atoms with Crippen LogP contribution in [0.5, 0.6) is 0 Å². The summed E-state index contributed by atoms with van der Waals surface area (Å²) in [6, 6.07) is -0.158. The summed E-state index contributed by atoms with van der Waals surface area (Å²) in [5.74, 6) is -0.0368. The lowest BCUT2D eigenvalue weighted by Gasteiger charge is -2.30. The van der Waals surface area contributed by atoms with Gasteiger partial charge in [-0.1, -0.05) is 0 Å². The normalized spacial score (nSPS) is 24.0. The number of nitrogens with zero attached hydrogens (tertiary/aromatic N) is 1. The molecule has 0 spiro atoms. The number of piperidine rings is 1. The third-order valence-corrected chi connectivity index (χ3v) is 3.87. The molecule has 0 saturated carbocycles. The monoisotopic (exact) mass is 297 g/mol. The Morgan fingerprint density at radius 2 is 1.86 bits per heavy atom. The number of carbonyl (C=O) groups excluding carboxylic acids is 2. The van der Waals surface area contributed by atoms with Gasteiger partial charge in [0.25, 0.3) is 0 Å². The van der Waals surface area contributed by atoms with Crippen molar-refractivity contribution in [1.82, 2.24) is 15.5 Å². The minimum absolute atomic E-state index is 0.0368. The molecule has 2 saturated heterocycles.